The van der Waals surface area contributed by atoms with Gasteiger partial charge in [-0.3, -0.25) is 0 Å². The maximum atomic E-state index is 5.41. The first-order valence-corrected chi connectivity index (χ1v) is 7.10. The Hall–Kier alpha value is -1.80. The van der Waals surface area contributed by atoms with Crippen molar-refractivity contribution in [1.82, 2.24) is 5.32 Å². The predicted molar refractivity (Wildman–Crippen MR) is 84.2 cm³/mol. The Labute approximate surface area is 121 Å². The molecule has 0 aliphatic heterocycles. The molecule has 0 aliphatic rings. The van der Waals surface area contributed by atoms with Crippen molar-refractivity contribution in [2.45, 2.75) is 32.9 Å². The van der Waals surface area contributed by atoms with Crippen LogP contribution in [0.25, 0.3) is 0 Å². The number of ether oxygens (including phenoxy) is 1. The summed E-state index contributed by atoms with van der Waals surface area (Å²) in [5.74, 6) is 0.954. The molecule has 0 spiro atoms. The number of hydrogen-bond acceptors (Lipinski definition) is 2. The molecular formula is C18H23NO. The number of benzene rings is 2. The average molecular weight is 269 g/mol. The van der Waals surface area contributed by atoms with E-state index in [0.717, 1.165) is 18.7 Å². The summed E-state index contributed by atoms with van der Waals surface area (Å²) in [6.07, 6.45) is 1.04. The molecule has 0 aliphatic carbocycles. The minimum absolute atomic E-state index is 0.433. The topological polar surface area (TPSA) is 21.3 Å². The highest BCUT2D eigenvalue weighted by Crippen LogP contribution is 2.19. The van der Waals surface area contributed by atoms with E-state index in [2.05, 4.69) is 61.6 Å². The lowest BCUT2D eigenvalue weighted by molar-refractivity contribution is 0.405. The molecule has 106 valence electrons. The molecule has 1 N–H and O–H groups in total. The van der Waals surface area contributed by atoms with Crippen LogP contribution >= 0.6 is 0 Å². The Bertz CT molecular complexity index is 536. The quantitative estimate of drug-likeness (QED) is 0.863. The lowest BCUT2D eigenvalue weighted by atomic mass is 10.1. The summed E-state index contributed by atoms with van der Waals surface area (Å²) in [6.45, 7) is 5.16. The van der Waals surface area contributed by atoms with Crippen LogP contribution in [-0.4, -0.2) is 13.2 Å². The Kier molecular flexibility index (Phi) is 5.19. The maximum Gasteiger partial charge on any atom is 0.123 e. The molecular weight excluding hydrogens is 246 g/mol. The van der Waals surface area contributed by atoms with Crippen LogP contribution < -0.4 is 10.1 Å². The minimum Gasteiger partial charge on any atom is -0.496 e. The van der Waals surface area contributed by atoms with E-state index in [1.54, 1.807) is 7.11 Å². The summed E-state index contributed by atoms with van der Waals surface area (Å²) in [7, 11) is 1.72. The maximum absolute atomic E-state index is 5.41. The lowest BCUT2D eigenvalue weighted by Gasteiger charge is -2.16. The largest absolute Gasteiger partial charge is 0.496 e. The number of hydrogen-bond donors (Lipinski definition) is 1. The standard InChI is InChI=1S/C18H23NO/c1-14-9-10-18(20-3)17(11-14)13-19-15(2)12-16-7-5-4-6-8-16/h4-11,15,19H,12-13H2,1-3H3. The summed E-state index contributed by atoms with van der Waals surface area (Å²) >= 11 is 0. The highest BCUT2D eigenvalue weighted by molar-refractivity contribution is 5.36. The van der Waals surface area contributed by atoms with E-state index in [9.17, 15) is 0 Å². The van der Waals surface area contributed by atoms with Gasteiger partial charge in [0.2, 0.25) is 0 Å². The van der Waals surface area contributed by atoms with Crippen molar-refractivity contribution in [3.63, 3.8) is 0 Å². The molecule has 0 saturated heterocycles. The third kappa shape index (κ3) is 4.10. The number of rotatable bonds is 6. The average Bonchev–Trinajstić information content (AvgIpc) is 2.46. The van der Waals surface area contributed by atoms with E-state index in [0.29, 0.717) is 6.04 Å². The Morgan fingerprint density at radius 1 is 1.10 bits per heavy atom. The fourth-order valence-electron chi connectivity index (χ4n) is 2.37. The van der Waals surface area contributed by atoms with Gasteiger partial charge in [0, 0.05) is 18.2 Å². The molecule has 0 bridgehead atoms. The van der Waals surface area contributed by atoms with Crippen LogP contribution in [0.5, 0.6) is 5.75 Å². The van der Waals surface area contributed by atoms with Gasteiger partial charge in [0.05, 0.1) is 7.11 Å². The molecule has 0 saturated carbocycles. The molecule has 2 aromatic rings. The van der Waals surface area contributed by atoms with Crippen molar-refractivity contribution in [1.29, 1.82) is 0 Å². The summed E-state index contributed by atoms with van der Waals surface area (Å²) in [4.78, 5) is 0. The van der Waals surface area contributed by atoms with E-state index in [-0.39, 0.29) is 0 Å². The van der Waals surface area contributed by atoms with Gasteiger partial charge in [0.15, 0.2) is 0 Å². The van der Waals surface area contributed by atoms with Gasteiger partial charge in [0.1, 0.15) is 5.75 Å². The van der Waals surface area contributed by atoms with Crippen LogP contribution in [0, 0.1) is 6.92 Å². The molecule has 0 fully saturated rings. The van der Waals surface area contributed by atoms with Gasteiger partial charge >= 0.3 is 0 Å². The van der Waals surface area contributed by atoms with Crippen molar-refractivity contribution in [2.75, 3.05) is 7.11 Å². The fraction of sp³-hybridized carbons (Fsp3) is 0.333. The van der Waals surface area contributed by atoms with Crippen molar-refractivity contribution in [3.05, 3.63) is 65.2 Å². The van der Waals surface area contributed by atoms with Crippen molar-refractivity contribution < 1.29 is 4.74 Å². The molecule has 0 aromatic heterocycles. The van der Waals surface area contributed by atoms with Crippen LogP contribution in [0.3, 0.4) is 0 Å². The van der Waals surface area contributed by atoms with Crippen LogP contribution in [0.4, 0.5) is 0 Å². The van der Waals surface area contributed by atoms with E-state index in [1.807, 2.05) is 6.07 Å². The summed E-state index contributed by atoms with van der Waals surface area (Å²) in [5.41, 5.74) is 3.84. The molecule has 0 amide bonds. The molecule has 2 rings (SSSR count). The van der Waals surface area contributed by atoms with E-state index < -0.39 is 0 Å². The second kappa shape index (κ2) is 7.11. The SMILES string of the molecule is COc1ccc(C)cc1CNC(C)Cc1ccccc1. The number of nitrogens with one attached hydrogen (secondary N) is 1. The van der Waals surface area contributed by atoms with Crippen LogP contribution in [0.15, 0.2) is 48.5 Å². The number of methoxy groups -OCH3 is 1. The van der Waals surface area contributed by atoms with Gasteiger partial charge in [-0.2, -0.15) is 0 Å². The highest BCUT2D eigenvalue weighted by atomic mass is 16.5. The van der Waals surface area contributed by atoms with Gasteiger partial charge in [-0.15, -0.1) is 0 Å². The zero-order valence-corrected chi connectivity index (χ0v) is 12.5. The Morgan fingerprint density at radius 2 is 1.85 bits per heavy atom. The van der Waals surface area contributed by atoms with E-state index in [1.165, 1.54) is 16.7 Å². The lowest BCUT2D eigenvalue weighted by Crippen LogP contribution is -2.27. The Morgan fingerprint density at radius 3 is 2.55 bits per heavy atom. The third-order valence-corrected chi connectivity index (χ3v) is 3.46. The summed E-state index contributed by atoms with van der Waals surface area (Å²) < 4.78 is 5.41. The molecule has 2 nitrogen and oxygen atoms in total. The second-order valence-corrected chi connectivity index (χ2v) is 5.29. The van der Waals surface area contributed by atoms with Gasteiger partial charge in [-0.25, -0.2) is 0 Å². The van der Waals surface area contributed by atoms with Gasteiger partial charge in [0.25, 0.3) is 0 Å². The molecule has 0 radical (unpaired) electrons. The number of aryl methyl sites for hydroxylation is 1. The molecule has 0 heterocycles. The van der Waals surface area contributed by atoms with Crippen molar-refractivity contribution in [3.8, 4) is 5.75 Å². The molecule has 1 atom stereocenters. The molecule has 20 heavy (non-hydrogen) atoms. The predicted octanol–water partition coefficient (Wildman–Crippen LogP) is 3.72. The molecule has 2 heteroatoms. The monoisotopic (exact) mass is 269 g/mol. The Balaban J connectivity index is 1.93. The van der Waals surface area contributed by atoms with Crippen LogP contribution in [-0.2, 0) is 13.0 Å². The second-order valence-electron chi connectivity index (χ2n) is 5.29. The third-order valence-electron chi connectivity index (χ3n) is 3.46. The fourth-order valence-corrected chi connectivity index (χ4v) is 2.37. The zero-order valence-electron chi connectivity index (χ0n) is 12.5. The zero-order chi connectivity index (χ0) is 14.4. The first-order valence-electron chi connectivity index (χ1n) is 7.10. The summed E-state index contributed by atoms with van der Waals surface area (Å²) in [6, 6.07) is 17.3. The minimum atomic E-state index is 0.433. The molecule has 1 unspecified atom stereocenters. The van der Waals surface area contributed by atoms with Crippen molar-refractivity contribution in [2.24, 2.45) is 0 Å². The van der Waals surface area contributed by atoms with E-state index >= 15 is 0 Å². The van der Waals surface area contributed by atoms with Crippen molar-refractivity contribution >= 4 is 0 Å². The first-order chi connectivity index (χ1) is 9.69. The van der Waals surface area contributed by atoms with Gasteiger partial charge in [-0.1, -0.05) is 48.0 Å². The smallest absolute Gasteiger partial charge is 0.123 e. The van der Waals surface area contributed by atoms with Gasteiger partial charge in [-0.05, 0) is 31.9 Å². The first kappa shape index (κ1) is 14.6. The van der Waals surface area contributed by atoms with Gasteiger partial charge < -0.3 is 10.1 Å². The van der Waals surface area contributed by atoms with Crippen LogP contribution in [0.2, 0.25) is 0 Å². The normalized spacial score (nSPS) is 12.2. The molecule has 2 aromatic carbocycles. The van der Waals surface area contributed by atoms with Crippen LogP contribution in [0.1, 0.15) is 23.6 Å². The highest BCUT2D eigenvalue weighted by Gasteiger charge is 2.06. The summed E-state index contributed by atoms with van der Waals surface area (Å²) in [5, 5.41) is 3.57. The van der Waals surface area contributed by atoms with E-state index in [4.69, 9.17) is 4.74 Å².